The van der Waals surface area contributed by atoms with Crippen LogP contribution in [0.2, 0.25) is 0 Å². The third-order valence-corrected chi connectivity index (χ3v) is 5.77. The normalized spacial score (nSPS) is 14.3. The van der Waals surface area contributed by atoms with Crippen LogP contribution in [0.5, 0.6) is 11.6 Å². The molecule has 7 nitrogen and oxygen atoms in total. The van der Waals surface area contributed by atoms with Crippen LogP contribution >= 0.6 is 0 Å². The van der Waals surface area contributed by atoms with Gasteiger partial charge in [0.25, 0.3) is 5.91 Å². The number of hydrogen-bond donors (Lipinski definition) is 0. The second-order valence-corrected chi connectivity index (χ2v) is 7.95. The van der Waals surface area contributed by atoms with Gasteiger partial charge >= 0.3 is 0 Å². The molecular formula is C25H22FN5O2. The molecule has 0 aliphatic carbocycles. The first kappa shape index (κ1) is 20.8. The number of halogens is 1. The van der Waals surface area contributed by atoms with Crippen LogP contribution in [0.1, 0.15) is 34.8 Å². The Hall–Kier alpha value is -4.07. The molecule has 0 N–H and O–H groups in total. The van der Waals surface area contributed by atoms with E-state index >= 15 is 0 Å². The highest BCUT2D eigenvalue weighted by molar-refractivity contribution is 5.94. The van der Waals surface area contributed by atoms with Crippen molar-refractivity contribution in [3.63, 3.8) is 0 Å². The number of nitrogens with zero attached hydrogens (tertiary/aromatic N) is 5. The fraction of sp³-hybridized carbons (Fsp3) is 0.200. The molecule has 2 aromatic carbocycles. The SMILES string of the molecule is O=C(c1cccc(-n2cnnc2)c1)N1CCC(c2cccc(Oc3cccc(F)c3)n2)CC1. The molecule has 1 fully saturated rings. The fourth-order valence-electron chi connectivity index (χ4n) is 4.06. The van der Waals surface area contributed by atoms with Gasteiger partial charge < -0.3 is 9.64 Å². The summed E-state index contributed by atoms with van der Waals surface area (Å²) in [5, 5.41) is 7.64. The molecule has 5 rings (SSSR count). The number of pyridine rings is 1. The zero-order valence-corrected chi connectivity index (χ0v) is 17.8. The second kappa shape index (κ2) is 9.20. The molecule has 8 heteroatoms. The van der Waals surface area contributed by atoms with Crippen LogP contribution in [0.15, 0.2) is 79.4 Å². The summed E-state index contributed by atoms with van der Waals surface area (Å²) in [4.78, 5) is 19.6. The number of likely N-dealkylation sites (tertiary alicyclic amines) is 1. The van der Waals surface area contributed by atoms with E-state index in [4.69, 9.17) is 4.74 Å². The summed E-state index contributed by atoms with van der Waals surface area (Å²) < 4.78 is 20.9. The summed E-state index contributed by atoms with van der Waals surface area (Å²) in [7, 11) is 0. The third kappa shape index (κ3) is 4.74. The van der Waals surface area contributed by atoms with Gasteiger partial charge in [0.1, 0.15) is 24.2 Å². The minimum absolute atomic E-state index is 0.0134. The highest BCUT2D eigenvalue weighted by atomic mass is 19.1. The van der Waals surface area contributed by atoms with Gasteiger partial charge in [-0.25, -0.2) is 9.37 Å². The lowest BCUT2D eigenvalue weighted by Crippen LogP contribution is -2.38. The van der Waals surface area contributed by atoms with Crippen molar-refractivity contribution in [3.8, 4) is 17.3 Å². The summed E-state index contributed by atoms with van der Waals surface area (Å²) in [5.74, 6) is 0.733. The first-order valence-electron chi connectivity index (χ1n) is 10.8. The van der Waals surface area contributed by atoms with Crippen molar-refractivity contribution in [3.05, 3.63) is 96.5 Å². The number of carbonyl (C=O) groups excluding carboxylic acids is 1. The van der Waals surface area contributed by atoms with Crippen LogP contribution in [-0.4, -0.2) is 43.6 Å². The van der Waals surface area contributed by atoms with E-state index < -0.39 is 0 Å². The van der Waals surface area contributed by atoms with Crippen LogP contribution in [0, 0.1) is 5.82 Å². The number of aromatic nitrogens is 4. The third-order valence-electron chi connectivity index (χ3n) is 5.77. The van der Waals surface area contributed by atoms with E-state index in [0.717, 1.165) is 24.2 Å². The van der Waals surface area contributed by atoms with Gasteiger partial charge in [0.15, 0.2) is 0 Å². The van der Waals surface area contributed by atoms with E-state index in [2.05, 4.69) is 15.2 Å². The predicted molar refractivity (Wildman–Crippen MR) is 120 cm³/mol. The second-order valence-electron chi connectivity index (χ2n) is 7.95. The molecule has 2 aromatic heterocycles. The zero-order valence-electron chi connectivity index (χ0n) is 17.8. The Labute approximate surface area is 190 Å². The number of ether oxygens (including phenoxy) is 1. The van der Waals surface area contributed by atoms with Crippen molar-refractivity contribution in [2.75, 3.05) is 13.1 Å². The standard InChI is InChI=1S/C25H22FN5O2/c26-20-5-2-7-22(15-20)33-24-9-3-8-23(29-24)18-10-12-30(13-11-18)25(32)19-4-1-6-21(14-19)31-16-27-28-17-31/h1-9,14-18H,10-13H2. The average molecular weight is 443 g/mol. The summed E-state index contributed by atoms with van der Waals surface area (Å²) in [6.07, 6.45) is 4.84. The Bertz CT molecular complexity index is 1250. The van der Waals surface area contributed by atoms with Crippen molar-refractivity contribution in [2.24, 2.45) is 0 Å². The molecule has 0 radical (unpaired) electrons. The van der Waals surface area contributed by atoms with Crippen molar-refractivity contribution < 1.29 is 13.9 Å². The van der Waals surface area contributed by atoms with Crippen molar-refractivity contribution in [2.45, 2.75) is 18.8 Å². The molecule has 166 valence electrons. The molecule has 4 aromatic rings. The number of hydrogen-bond acceptors (Lipinski definition) is 5. The molecule has 1 saturated heterocycles. The molecule has 0 bridgehead atoms. The van der Waals surface area contributed by atoms with Crippen molar-refractivity contribution in [1.29, 1.82) is 0 Å². The molecule has 0 spiro atoms. The Balaban J connectivity index is 1.23. The molecule has 0 saturated carbocycles. The van der Waals surface area contributed by atoms with Crippen molar-refractivity contribution >= 4 is 5.91 Å². The van der Waals surface area contributed by atoms with E-state index in [1.165, 1.54) is 12.1 Å². The molecule has 1 aliphatic heterocycles. The Kier molecular flexibility index (Phi) is 5.80. The van der Waals surface area contributed by atoms with E-state index in [9.17, 15) is 9.18 Å². The van der Waals surface area contributed by atoms with Gasteiger partial charge in [-0.15, -0.1) is 10.2 Å². The maximum absolute atomic E-state index is 13.4. The lowest BCUT2D eigenvalue weighted by Gasteiger charge is -2.32. The van der Waals surface area contributed by atoms with Crippen LogP contribution in [-0.2, 0) is 0 Å². The van der Waals surface area contributed by atoms with E-state index in [0.29, 0.717) is 30.3 Å². The molecular weight excluding hydrogens is 421 g/mol. The average Bonchev–Trinajstić information content (AvgIpc) is 3.39. The molecule has 3 heterocycles. The minimum Gasteiger partial charge on any atom is -0.439 e. The number of carbonyl (C=O) groups is 1. The van der Waals surface area contributed by atoms with E-state index in [-0.39, 0.29) is 17.6 Å². The highest BCUT2D eigenvalue weighted by Gasteiger charge is 2.25. The zero-order chi connectivity index (χ0) is 22.6. The van der Waals surface area contributed by atoms with Gasteiger partial charge in [-0.3, -0.25) is 9.36 Å². The van der Waals surface area contributed by atoms with E-state index in [1.54, 1.807) is 35.4 Å². The summed E-state index contributed by atoms with van der Waals surface area (Å²) >= 11 is 0. The first-order valence-corrected chi connectivity index (χ1v) is 10.8. The lowest BCUT2D eigenvalue weighted by atomic mass is 9.92. The van der Waals surface area contributed by atoms with Crippen LogP contribution < -0.4 is 4.74 Å². The lowest BCUT2D eigenvalue weighted by molar-refractivity contribution is 0.0712. The summed E-state index contributed by atoms with van der Waals surface area (Å²) in [5.41, 5.74) is 2.41. The van der Waals surface area contributed by atoms with E-state index in [1.807, 2.05) is 41.3 Å². The number of rotatable bonds is 5. The Morgan fingerprint density at radius 2 is 1.70 bits per heavy atom. The number of benzene rings is 2. The molecule has 0 unspecified atom stereocenters. The summed E-state index contributed by atoms with van der Waals surface area (Å²) in [6.45, 7) is 1.30. The van der Waals surface area contributed by atoms with Gasteiger partial charge in [0.2, 0.25) is 5.88 Å². The van der Waals surface area contributed by atoms with Crippen molar-refractivity contribution in [1.82, 2.24) is 24.6 Å². The maximum atomic E-state index is 13.4. The molecule has 1 aliphatic rings. The molecule has 1 amide bonds. The number of piperidine rings is 1. The maximum Gasteiger partial charge on any atom is 0.253 e. The Morgan fingerprint density at radius 1 is 0.939 bits per heavy atom. The number of amides is 1. The fourth-order valence-corrected chi connectivity index (χ4v) is 4.06. The van der Waals surface area contributed by atoms with Gasteiger partial charge in [-0.05, 0) is 49.2 Å². The summed E-state index contributed by atoms with van der Waals surface area (Å²) in [6, 6.07) is 19.1. The van der Waals surface area contributed by atoms with Gasteiger partial charge in [0.05, 0.1) is 0 Å². The van der Waals surface area contributed by atoms with Gasteiger partial charge in [0, 0.05) is 48.1 Å². The molecule has 33 heavy (non-hydrogen) atoms. The topological polar surface area (TPSA) is 73.1 Å². The predicted octanol–water partition coefficient (Wildman–Crippen LogP) is 4.61. The van der Waals surface area contributed by atoms with Crippen LogP contribution in [0.4, 0.5) is 4.39 Å². The largest absolute Gasteiger partial charge is 0.439 e. The monoisotopic (exact) mass is 443 g/mol. The van der Waals surface area contributed by atoms with Crippen LogP contribution in [0.3, 0.4) is 0 Å². The molecule has 0 atom stereocenters. The van der Waals surface area contributed by atoms with Gasteiger partial charge in [-0.1, -0.05) is 18.2 Å². The smallest absolute Gasteiger partial charge is 0.253 e. The quantitative estimate of drug-likeness (QED) is 0.450. The minimum atomic E-state index is -0.354. The first-order chi connectivity index (χ1) is 16.2. The highest BCUT2D eigenvalue weighted by Crippen LogP contribution is 2.30. The van der Waals surface area contributed by atoms with Gasteiger partial charge in [-0.2, -0.15) is 0 Å². The van der Waals surface area contributed by atoms with Crippen LogP contribution in [0.25, 0.3) is 5.69 Å². The Morgan fingerprint density at radius 3 is 2.48 bits per heavy atom.